The molecule has 4 nitrogen and oxygen atoms in total. The van der Waals surface area contributed by atoms with Gasteiger partial charge in [-0.15, -0.1) is 0 Å². The number of aromatic hydroxyl groups is 1. The number of rotatable bonds is 2. The largest absolute Gasteiger partial charge is 0.505 e. The van der Waals surface area contributed by atoms with Gasteiger partial charge < -0.3 is 9.84 Å². The number of nitriles is 1. The summed E-state index contributed by atoms with van der Waals surface area (Å²) in [6.07, 6.45) is -2.81. The van der Waals surface area contributed by atoms with Gasteiger partial charge in [0.05, 0.1) is 12.7 Å². The molecule has 1 rings (SSSR count). The number of hydrogen-bond acceptors (Lipinski definition) is 4. The summed E-state index contributed by atoms with van der Waals surface area (Å²) in [5.74, 6) is -0.932. The summed E-state index contributed by atoms with van der Waals surface area (Å²) in [4.78, 5) is 3.42. The van der Waals surface area contributed by atoms with E-state index in [1.54, 1.807) is 6.07 Å². The van der Waals surface area contributed by atoms with Crippen LogP contribution in [0.5, 0.6) is 11.6 Å². The summed E-state index contributed by atoms with van der Waals surface area (Å²) in [6, 6.07) is 2.32. The highest BCUT2D eigenvalue weighted by Gasteiger charge is 2.18. The smallest absolute Gasteiger partial charge is 0.269 e. The molecule has 74 valence electrons. The van der Waals surface area contributed by atoms with Gasteiger partial charge in [0.15, 0.2) is 11.4 Å². The summed E-state index contributed by atoms with van der Waals surface area (Å²) in [5.41, 5.74) is -0.879. The molecule has 0 spiro atoms. The minimum Gasteiger partial charge on any atom is -0.505 e. The van der Waals surface area contributed by atoms with E-state index in [9.17, 15) is 8.78 Å². The molecular weight excluding hydrogens is 194 g/mol. The minimum absolute atomic E-state index is 0.341. The predicted molar refractivity (Wildman–Crippen MR) is 42.1 cm³/mol. The summed E-state index contributed by atoms with van der Waals surface area (Å²) in [7, 11) is 1.16. The van der Waals surface area contributed by atoms with E-state index in [1.165, 1.54) is 0 Å². The van der Waals surface area contributed by atoms with E-state index in [0.717, 1.165) is 13.2 Å². The molecule has 1 N–H and O–H groups in total. The maximum atomic E-state index is 12.3. The van der Waals surface area contributed by atoms with Crippen molar-refractivity contribution in [3.05, 3.63) is 17.3 Å². The van der Waals surface area contributed by atoms with Crippen LogP contribution in [0.4, 0.5) is 8.78 Å². The normalized spacial score (nSPS) is 9.93. The lowest BCUT2D eigenvalue weighted by Crippen LogP contribution is -1.98. The highest BCUT2D eigenvalue weighted by molar-refractivity contribution is 5.43. The van der Waals surface area contributed by atoms with Gasteiger partial charge in [-0.25, -0.2) is 8.78 Å². The van der Waals surface area contributed by atoms with Crippen molar-refractivity contribution in [1.29, 1.82) is 5.26 Å². The van der Waals surface area contributed by atoms with Crippen LogP contribution in [0.25, 0.3) is 0 Å². The standard InChI is InChI=1S/C8H6F2N2O2/c1-14-8-4(7(9)10)2-6(13)5(3-11)12-8/h2,7,13H,1H3. The number of halogens is 2. The van der Waals surface area contributed by atoms with Crippen LogP contribution in [0.2, 0.25) is 0 Å². The second-order valence-corrected chi connectivity index (χ2v) is 2.37. The summed E-state index contributed by atoms with van der Waals surface area (Å²) in [6.45, 7) is 0. The van der Waals surface area contributed by atoms with Crippen LogP contribution in [0.15, 0.2) is 6.07 Å². The zero-order valence-electron chi connectivity index (χ0n) is 7.16. The van der Waals surface area contributed by atoms with E-state index in [1.807, 2.05) is 0 Å². The molecule has 0 amide bonds. The monoisotopic (exact) mass is 200 g/mol. The van der Waals surface area contributed by atoms with Gasteiger partial charge in [-0.3, -0.25) is 0 Å². The first-order valence-corrected chi connectivity index (χ1v) is 3.56. The molecule has 14 heavy (non-hydrogen) atoms. The molecule has 0 fully saturated rings. The van der Waals surface area contributed by atoms with E-state index in [4.69, 9.17) is 10.4 Å². The van der Waals surface area contributed by atoms with Gasteiger partial charge in [0.2, 0.25) is 5.88 Å². The fourth-order valence-electron chi connectivity index (χ4n) is 0.903. The van der Waals surface area contributed by atoms with Crippen LogP contribution in [0.1, 0.15) is 17.7 Å². The Kier molecular flexibility index (Phi) is 2.82. The van der Waals surface area contributed by atoms with E-state index in [-0.39, 0.29) is 11.6 Å². The van der Waals surface area contributed by atoms with Gasteiger partial charge in [0.25, 0.3) is 6.43 Å². The minimum atomic E-state index is -2.81. The van der Waals surface area contributed by atoms with Gasteiger partial charge in [-0.1, -0.05) is 0 Å². The third kappa shape index (κ3) is 1.71. The Morgan fingerprint density at radius 2 is 2.29 bits per heavy atom. The first-order chi connectivity index (χ1) is 6.60. The van der Waals surface area contributed by atoms with Gasteiger partial charge >= 0.3 is 0 Å². The molecule has 0 radical (unpaired) electrons. The second kappa shape index (κ2) is 3.87. The van der Waals surface area contributed by atoms with Crippen LogP contribution in [0, 0.1) is 11.3 Å². The van der Waals surface area contributed by atoms with Crippen molar-refractivity contribution in [2.24, 2.45) is 0 Å². The maximum Gasteiger partial charge on any atom is 0.269 e. The Balaban J connectivity index is 3.33. The first-order valence-electron chi connectivity index (χ1n) is 3.56. The van der Waals surface area contributed by atoms with Crippen molar-refractivity contribution in [2.75, 3.05) is 7.11 Å². The van der Waals surface area contributed by atoms with Crippen molar-refractivity contribution in [3.8, 4) is 17.7 Å². The molecule has 0 unspecified atom stereocenters. The van der Waals surface area contributed by atoms with Crippen LogP contribution in [-0.4, -0.2) is 17.2 Å². The summed E-state index contributed by atoms with van der Waals surface area (Å²) in [5, 5.41) is 17.5. The lowest BCUT2D eigenvalue weighted by molar-refractivity contribution is 0.145. The van der Waals surface area contributed by atoms with E-state index in [0.29, 0.717) is 0 Å². The Morgan fingerprint density at radius 3 is 2.71 bits per heavy atom. The Bertz CT molecular complexity index is 388. The quantitative estimate of drug-likeness (QED) is 0.787. The highest BCUT2D eigenvalue weighted by Crippen LogP contribution is 2.31. The van der Waals surface area contributed by atoms with Crippen LogP contribution < -0.4 is 4.74 Å². The average molecular weight is 200 g/mol. The van der Waals surface area contributed by atoms with E-state index >= 15 is 0 Å². The molecular formula is C8H6F2N2O2. The molecule has 0 saturated carbocycles. The van der Waals surface area contributed by atoms with Crippen molar-refractivity contribution in [1.82, 2.24) is 4.98 Å². The number of methoxy groups -OCH3 is 1. The first kappa shape index (κ1) is 10.2. The molecule has 0 aliphatic rings. The van der Waals surface area contributed by atoms with Gasteiger partial charge in [-0.2, -0.15) is 10.2 Å². The van der Waals surface area contributed by atoms with E-state index in [2.05, 4.69) is 9.72 Å². The number of pyridine rings is 1. The van der Waals surface area contributed by atoms with Gasteiger partial charge in [0.1, 0.15) is 6.07 Å². The maximum absolute atomic E-state index is 12.3. The van der Waals surface area contributed by atoms with Crippen molar-refractivity contribution < 1.29 is 18.6 Å². The lowest BCUT2D eigenvalue weighted by Gasteiger charge is -2.07. The number of ether oxygens (including phenoxy) is 1. The molecule has 1 aromatic heterocycles. The van der Waals surface area contributed by atoms with Crippen LogP contribution in [0.3, 0.4) is 0 Å². The predicted octanol–water partition coefficient (Wildman–Crippen LogP) is 1.61. The molecule has 1 aromatic rings. The number of hydrogen-bond donors (Lipinski definition) is 1. The molecule has 1 heterocycles. The van der Waals surface area contributed by atoms with Crippen LogP contribution >= 0.6 is 0 Å². The average Bonchev–Trinajstić information content (AvgIpc) is 2.17. The Labute approximate surface area is 78.4 Å². The molecule has 6 heteroatoms. The van der Waals surface area contributed by atoms with Crippen molar-refractivity contribution >= 4 is 0 Å². The molecule has 0 saturated heterocycles. The topological polar surface area (TPSA) is 66.1 Å². The number of nitrogens with zero attached hydrogens (tertiary/aromatic N) is 2. The Morgan fingerprint density at radius 1 is 1.64 bits per heavy atom. The number of alkyl halides is 2. The summed E-state index contributed by atoms with van der Waals surface area (Å²) < 4.78 is 29.2. The van der Waals surface area contributed by atoms with E-state index < -0.39 is 17.7 Å². The zero-order chi connectivity index (χ0) is 10.7. The molecule has 0 aromatic carbocycles. The fraction of sp³-hybridized carbons (Fsp3) is 0.250. The molecule has 0 atom stereocenters. The fourth-order valence-corrected chi connectivity index (χ4v) is 0.903. The highest BCUT2D eigenvalue weighted by atomic mass is 19.3. The molecule has 0 aliphatic heterocycles. The van der Waals surface area contributed by atoms with Gasteiger partial charge in [0, 0.05) is 0 Å². The third-order valence-corrected chi connectivity index (χ3v) is 1.53. The van der Waals surface area contributed by atoms with Crippen molar-refractivity contribution in [3.63, 3.8) is 0 Å². The second-order valence-electron chi connectivity index (χ2n) is 2.37. The Hall–Kier alpha value is -1.90. The van der Waals surface area contributed by atoms with Gasteiger partial charge in [-0.05, 0) is 6.07 Å². The SMILES string of the molecule is COc1nc(C#N)c(O)cc1C(F)F. The number of aromatic nitrogens is 1. The third-order valence-electron chi connectivity index (χ3n) is 1.53. The summed E-state index contributed by atoms with van der Waals surface area (Å²) >= 11 is 0. The molecule has 0 bridgehead atoms. The van der Waals surface area contributed by atoms with Crippen molar-refractivity contribution in [2.45, 2.75) is 6.43 Å². The van der Waals surface area contributed by atoms with Crippen LogP contribution in [-0.2, 0) is 0 Å². The molecule has 0 aliphatic carbocycles. The zero-order valence-corrected chi connectivity index (χ0v) is 7.16. The lowest BCUT2D eigenvalue weighted by atomic mass is 10.2.